The van der Waals surface area contributed by atoms with Crippen LogP contribution < -0.4 is 14.4 Å². The molecule has 226 valence electrons. The van der Waals surface area contributed by atoms with Crippen LogP contribution in [0.5, 0.6) is 5.75 Å². The molecule has 0 aliphatic rings. The van der Waals surface area contributed by atoms with Gasteiger partial charge in [-0.15, -0.1) is 0 Å². The molecule has 0 bridgehead atoms. The Morgan fingerprint density at radius 1 is 0.952 bits per heavy atom. The predicted molar refractivity (Wildman–Crippen MR) is 168 cm³/mol. The van der Waals surface area contributed by atoms with Crippen molar-refractivity contribution >= 4 is 50.7 Å². The predicted octanol–water partition coefficient (Wildman–Crippen LogP) is 6.23. The number of amides is 2. The van der Waals surface area contributed by atoms with Gasteiger partial charge in [0.2, 0.25) is 11.8 Å². The highest BCUT2D eigenvalue weighted by atomic mass is 35.5. The van der Waals surface area contributed by atoms with Crippen molar-refractivity contribution in [3.05, 3.63) is 87.9 Å². The van der Waals surface area contributed by atoms with Gasteiger partial charge in [0.1, 0.15) is 18.3 Å². The number of sulfonamides is 1. The van der Waals surface area contributed by atoms with E-state index in [-0.39, 0.29) is 33.8 Å². The van der Waals surface area contributed by atoms with E-state index in [0.717, 1.165) is 28.3 Å². The third-order valence-electron chi connectivity index (χ3n) is 6.78. The van der Waals surface area contributed by atoms with E-state index in [1.165, 1.54) is 30.2 Å². The first-order valence-corrected chi connectivity index (χ1v) is 16.0. The molecule has 11 heteroatoms. The van der Waals surface area contributed by atoms with E-state index in [9.17, 15) is 18.0 Å². The number of nitrogens with one attached hydrogen (secondary N) is 1. The molecule has 1 atom stereocenters. The van der Waals surface area contributed by atoms with Crippen molar-refractivity contribution in [2.45, 2.75) is 57.5 Å². The standard InChI is InChI=1S/C31H37Cl2N3O5S/c1-5-7-18-34-31(38)27(6-2)35(20-23-10-12-24(32)13-11-23)30(37)21-36(28-19-25(33)14-17-29(28)41-4)42(39,40)26-15-8-22(3)9-16-26/h8-17,19,27H,5-7,18,20-21H2,1-4H3,(H,34,38)/t27-/m0/s1. The summed E-state index contributed by atoms with van der Waals surface area (Å²) in [5, 5.41) is 3.71. The van der Waals surface area contributed by atoms with Gasteiger partial charge in [-0.3, -0.25) is 13.9 Å². The molecule has 0 radical (unpaired) electrons. The summed E-state index contributed by atoms with van der Waals surface area (Å²) >= 11 is 12.4. The lowest BCUT2D eigenvalue weighted by atomic mass is 10.1. The molecular weight excluding hydrogens is 597 g/mol. The summed E-state index contributed by atoms with van der Waals surface area (Å²) in [4.78, 5) is 28.9. The Morgan fingerprint density at radius 2 is 1.60 bits per heavy atom. The molecule has 0 unspecified atom stereocenters. The molecule has 3 aromatic carbocycles. The number of carbonyl (C=O) groups excluding carboxylic acids is 2. The average molecular weight is 635 g/mol. The first-order chi connectivity index (χ1) is 20.0. The van der Waals surface area contributed by atoms with Crippen molar-refractivity contribution < 1.29 is 22.7 Å². The zero-order valence-electron chi connectivity index (χ0n) is 24.3. The summed E-state index contributed by atoms with van der Waals surface area (Å²) < 4.78 is 34.6. The maximum absolute atomic E-state index is 14.2. The summed E-state index contributed by atoms with van der Waals surface area (Å²) in [6, 6.07) is 17.0. The molecule has 42 heavy (non-hydrogen) atoms. The fourth-order valence-electron chi connectivity index (χ4n) is 4.42. The normalized spacial score (nSPS) is 12.0. The van der Waals surface area contributed by atoms with Gasteiger partial charge < -0.3 is 15.0 Å². The molecule has 3 rings (SSSR count). The minimum atomic E-state index is -4.27. The fraction of sp³-hybridized carbons (Fsp3) is 0.355. The number of anilines is 1. The number of unbranched alkanes of at least 4 members (excludes halogenated alkanes) is 1. The van der Waals surface area contributed by atoms with E-state index in [0.29, 0.717) is 18.0 Å². The molecule has 0 saturated heterocycles. The van der Waals surface area contributed by atoms with Crippen LogP contribution in [0.4, 0.5) is 5.69 Å². The van der Waals surface area contributed by atoms with Crippen LogP contribution >= 0.6 is 23.2 Å². The molecule has 0 aromatic heterocycles. The Bertz CT molecular complexity index is 1460. The molecule has 3 aromatic rings. The summed E-state index contributed by atoms with van der Waals surface area (Å²) in [5.41, 5.74) is 1.72. The number of rotatable bonds is 14. The molecule has 1 N–H and O–H groups in total. The number of methoxy groups -OCH3 is 1. The van der Waals surface area contributed by atoms with Gasteiger partial charge >= 0.3 is 0 Å². The second-order valence-corrected chi connectivity index (χ2v) is 12.6. The van der Waals surface area contributed by atoms with Crippen LogP contribution in [-0.2, 0) is 26.2 Å². The summed E-state index contributed by atoms with van der Waals surface area (Å²) in [7, 11) is -2.86. The first-order valence-electron chi connectivity index (χ1n) is 13.8. The average Bonchev–Trinajstić information content (AvgIpc) is 2.97. The monoisotopic (exact) mass is 633 g/mol. The number of aryl methyl sites for hydroxylation is 1. The van der Waals surface area contributed by atoms with Crippen molar-refractivity contribution in [3.8, 4) is 5.75 Å². The largest absolute Gasteiger partial charge is 0.495 e. The van der Waals surface area contributed by atoms with E-state index in [1.54, 1.807) is 48.5 Å². The molecule has 0 aliphatic carbocycles. The third-order valence-corrected chi connectivity index (χ3v) is 9.04. The Kier molecular flexibility index (Phi) is 12.1. The van der Waals surface area contributed by atoms with Crippen molar-refractivity contribution in [1.82, 2.24) is 10.2 Å². The van der Waals surface area contributed by atoms with E-state index in [4.69, 9.17) is 27.9 Å². The second-order valence-electron chi connectivity index (χ2n) is 9.86. The quantitative estimate of drug-likeness (QED) is 0.212. The fourth-order valence-corrected chi connectivity index (χ4v) is 6.13. The van der Waals surface area contributed by atoms with E-state index >= 15 is 0 Å². The number of ether oxygens (including phenoxy) is 1. The highest BCUT2D eigenvalue weighted by molar-refractivity contribution is 7.92. The molecule has 0 fully saturated rings. The number of carbonyl (C=O) groups is 2. The van der Waals surface area contributed by atoms with Crippen molar-refractivity contribution in [2.24, 2.45) is 0 Å². The number of benzene rings is 3. The lowest BCUT2D eigenvalue weighted by Crippen LogP contribution is -2.52. The van der Waals surface area contributed by atoms with E-state index < -0.39 is 28.5 Å². The van der Waals surface area contributed by atoms with Crippen molar-refractivity contribution in [3.63, 3.8) is 0 Å². The lowest BCUT2D eigenvalue weighted by molar-refractivity contribution is -0.140. The van der Waals surface area contributed by atoms with Crippen LogP contribution in [0, 0.1) is 6.92 Å². The summed E-state index contributed by atoms with van der Waals surface area (Å²) in [5.74, 6) is -0.654. The molecule has 0 spiro atoms. The second kappa shape index (κ2) is 15.3. The van der Waals surface area contributed by atoms with E-state index in [2.05, 4.69) is 5.32 Å². The van der Waals surface area contributed by atoms with Crippen LogP contribution in [0.25, 0.3) is 0 Å². The summed E-state index contributed by atoms with van der Waals surface area (Å²) in [6.45, 7) is 5.63. The molecule has 8 nitrogen and oxygen atoms in total. The number of hydrogen-bond donors (Lipinski definition) is 1. The Hall–Kier alpha value is -3.27. The minimum absolute atomic E-state index is 0.00321. The maximum atomic E-state index is 14.2. The zero-order valence-corrected chi connectivity index (χ0v) is 26.6. The number of hydrogen-bond acceptors (Lipinski definition) is 5. The Morgan fingerprint density at radius 3 is 2.19 bits per heavy atom. The van der Waals surface area contributed by atoms with E-state index in [1.807, 2.05) is 20.8 Å². The topological polar surface area (TPSA) is 96.0 Å². The van der Waals surface area contributed by atoms with Crippen molar-refractivity contribution in [2.75, 3.05) is 24.5 Å². The maximum Gasteiger partial charge on any atom is 0.264 e. The number of nitrogens with zero attached hydrogens (tertiary/aromatic N) is 2. The van der Waals surface area contributed by atoms with Gasteiger partial charge in [0.05, 0.1) is 17.7 Å². The SMILES string of the molecule is CCCCNC(=O)[C@H](CC)N(Cc1ccc(Cl)cc1)C(=O)CN(c1cc(Cl)ccc1OC)S(=O)(=O)c1ccc(C)cc1. The van der Waals surface area contributed by atoms with Crippen LogP contribution in [0.1, 0.15) is 44.2 Å². The molecule has 0 heterocycles. The van der Waals surface area contributed by atoms with Crippen LogP contribution in [0.3, 0.4) is 0 Å². The minimum Gasteiger partial charge on any atom is -0.495 e. The van der Waals surface area contributed by atoms with Gasteiger partial charge in [0.25, 0.3) is 10.0 Å². The lowest BCUT2D eigenvalue weighted by Gasteiger charge is -2.33. The van der Waals surface area contributed by atoms with Crippen LogP contribution in [-0.4, -0.2) is 51.4 Å². The van der Waals surface area contributed by atoms with Crippen molar-refractivity contribution in [1.29, 1.82) is 0 Å². The van der Waals surface area contributed by atoms with Gasteiger partial charge in [-0.2, -0.15) is 0 Å². The zero-order chi connectivity index (χ0) is 30.9. The number of halogens is 2. The Labute approximate surface area is 258 Å². The first kappa shape index (κ1) is 33.2. The van der Waals surface area contributed by atoms with Gasteiger partial charge in [-0.1, -0.05) is 73.3 Å². The molecule has 0 saturated carbocycles. The molecule has 2 amide bonds. The van der Waals surface area contributed by atoms with Crippen LogP contribution in [0.15, 0.2) is 71.6 Å². The van der Waals surface area contributed by atoms with Gasteiger partial charge in [0.15, 0.2) is 0 Å². The van der Waals surface area contributed by atoms with Gasteiger partial charge in [0, 0.05) is 23.1 Å². The third kappa shape index (κ3) is 8.40. The smallest absolute Gasteiger partial charge is 0.264 e. The molecule has 0 aliphatic heterocycles. The molecular formula is C31H37Cl2N3O5S. The van der Waals surface area contributed by atoms with Gasteiger partial charge in [-0.25, -0.2) is 8.42 Å². The highest BCUT2D eigenvalue weighted by Gasteiger charge is 2.34. The Balaban J connectivity index is 2.10. The van der Waals surface area contributed by atoms with Gasteiger partial charge in [-0.05, 0) is 67.8 Å². The summed E-state index contributed by atoms with van der Waals surface area (Å²) in [6.07, 6.45) is 2.02. The van der Waals surface area contributed by atoms with Crippen LogP contribution in [0.2, 0.25) is 10.0 Å². The highest BCUT2D eigenvalue weighted by Crippen LogP contribution is 2.35.